The second-order valence-electron chi connectivity index (χ2n) is 6.77. The molecule has 0 spiro atoms. The van der Waals surface area contributed by atoms with Crippen molar-refractivity contribution in [2.24, 2.45) is 5.41 Å². The zero-order valence-electron chi connectivity index (χ0n) is 14.0. The van der Waals surface area contributed by atoms with Gasteiger partial charge in [-0.2, -0.15) is 0 Å². The van der Waals surface area contributed by atoms with Crippen LogP contribution >= 0.6 is 0 Å². The number of hydrogen-bond donors (Lipinski definition) is 2. The summed E-state index contributed by atoms with van der Waals surface area (Å²) in [5.74, 6) is -0.570. The van der Waals surface area contributed by atoms with Gasteiger partial charge in [0.15, 0.2) is 0 Å². The molecule has 0 atom stereocenters. The van der Waals surface area contributed by atoms with E-state index < -0.39 is 11.4 Å². The van der Waals surface area contributed by atoms with Crippen molar-refractivity contribution in [2.75, 3.05) is 13.1 Å². The van der Waals surface area contributed by atoms with Crippen molar-refractivity contribution in [3.8, 4) is 0 Å². The Morgan fingerprint density at radius 3 is 1.86 bits per heavy atom. The maximum atomic E-state index is 11.5. The van der Waals surface area contributed by atoms with Gasteiger partial charge in [-0.05, 0) is 32.4 Å². The number of carboxylic acids is 1. The summed E-state index contributed by atoms with van der Waals surface area (Å²) >= 11 is 0. The zero-order valence-corrected chi connectivity index (χ0v) is 14.0. The van der Waals surface area contributed by atoms with Gasteiger partial charge >= 0.3 is 5.97 Å². The van der Waals surface area contributed by atoms with Crippen LogP contribution in [0.15, 0.2) is 0 Å². The molecule has 0 bridgehead atoms. The molecule has 0 aromatic heterocycles. The lowest BCUT2D eigenvalue weighted by Gasteiger charge is -2.33. The molecule has 1 aliphatic heterocycles. The van der Waals surface area contributed by atoms with Crippen LogP contribution in [0.4, 0.5) is 0 Å². The second kappa shape index (κ2) is 11.1. The average molecular weight is 297 g/mol. The summed E-state index contributed by atoms with van der Waals surface area (Å²) < 4.78 is 0. The molecule has 21 heavy (non-hydrogen) atoms. The smallest absolute Gasteiger partial charge is 0.309 e. The van der Waals surface area contributed by atoms with Crippen LogP contribution in [0.25, 0.3) is 0 Å². The Bertz CT molecular complexity index is 272. The number of carboxylic acid groups (broad SMARTS) is 1. The summed E-state index contributed by atoms with van der Waals surface area (Å²) in [7, 11) is 0. The van der Waals surface area contributed by atoms with Gasteiger partial charge in [0.05, 0.1) is 5.41 Å². The third kappa shape index (κ3) is 7.30. The van der Waals surface area contributed by atoms with Crippen molar-refractivity contribution < 1.29 is 9.90 Å². The van der Waals surface area contributed by atoms with Crippen LogP contribution in [0.1, 0.15) is 90.4 Å². The van der Waals surface area contributed by atoms with Crippen LogP contribution in [0.5, 0.6) is 0 Å². The molecule has 0 aliphatic carbocycles. The minimum absolute atomic E-state index is 0.425. The predicted octanol–water partition coefficient (Wildman–Crippen LogP) is 4.75. The average Bonchev–Trinajstić information content (AvgIpc) is 2.50. The van der Waals surface area contributed by atoms with E-state index in [1.54, 1.807) is 0 Å². The van der Waals surface area contributed by atoms with Crippen LogP contribution in [0, 0.1) is 5.41 Å². The van der Waals surface area contributed by atoms with E-state index in [0.717, 1.165) is 38.8 Å². The lowest BCUT2D eigenvalue weighted by molar-refractivity contribution is -0.151. The molecule has 0 unspecified atom stereocenters. The highest BCUT2D eigenvalue weighted by atomic mass is 16.4. The third-order valence-corrected chi connectivity index (χ3v) is 5.02. The van der Waals surface area contributed by atoms with Crippen molar-refractivity contribution in [2.45, 2.75) is 90.4 Å². The molecule has 3 heteroatoms. The number of nitrogens with one attached hydrogen (secondary N) is 1. The number of unbranched alkanes of at least 4 members (excludes halogenated alkanes) is 9. The highest BCUT2D eigenvalue weighted by Gasteiger charge is 2.38. The molecule has 0 aromatic carbocycles. The van der Waals surface area contributed by atoms with E-state index >= 15 is 0 Å². The Balaban J connectivity index is 2.01. The fraction of sp³-hybridized carbons (Fsp3) is 0.944. The van der Waals surface area contributed by atoms with Gasteiger partial charge in [0, 0.05) is 0 Å². The molecular weight excluding hydrogens is 262 g/mol. The maximum Gasteiger partial charge on any atom is 0.309 e. The van der Waals surface area contributed by atoms with Crippen LogP contribution in [-0.2, 0) is 4.79 Å². The SMILES string of the molecule is CCCCCCCCCCCCC1(C(=O)O)CCNCC1. The normalized spacial score (nSPS) is 17.8. The fourth-order valence-corrected chi connectivity index (χ4v) is 3.43. The van der Waals surface area contributed by atoms with E-state index in [2.05, 4.69) is 12.2 Å². The molecule has 2 N–H and O–H groups in total. The monoisotopic (exact) mass is 297 g/mol. The van der Waals surface area contributed by atoms with Gasteiger partial charge in [-0.1, -0.05) is 71.1 Å². The first-order valence-corrected chi connectivity index (χ1v) is 9.15. The first-order chi connectivity index (χ1) is 10.2. The van der Waals surface area contributed by atoms with Gasteiger partial charge < -0.3 is 10.4 Å². The summed E-state index contributed by atoms with van der Waals surface area (Å²) in [5, 5.41) is 12.8. The van der Waals surface area contributed by atoms with E-state index in [1.165, 1.54) is 57.8 Å². The number of rotatable bonds is 12. The minimum atomic E-state index is -0.570. The molecule has 0 amide bonds. The summed E-state index contributed by atoms with van der Waals surface area (Å²) in [6, 6.07) is 0. The van der Waals surface area contributed by atoms with E-state index in [1.807, 2.05) is 0 Å². The van der Waals surface area contributed by atoms with Gasteiger partial charge in [0.2, 0.25) is 0 Å². The van der Waals surface area contributed by atoms with E-state index in [-0.39, 0.29) is 0 Å². The largest absolute Gasteiger partial charge is 0.481 e. The zero-order chi connectivity index (χ0) is 15.4. The van der Waals surface area contributed by atoms with Gasteiger partial charge in [-0.15, -0.1) is 0 Å². The van der Waals surface area contributed by atoms with Crippen LogP contribution in [0.3, 0.4) is 0 Å². The predicted molar refractivity (Wildman–Crippen MR) is 88.6 cm³/mol. The Hall–Kier alpha value is -0.570. The summed E-state index contributed by atoms with van der Waals surface area (Å²) in [6.45, 7) is 3.99. The van der Waals surface area contributed by atoms with Crippen LogP contribution in [-0.4, -0.2) is 24.2 Å². The lowest BCUT2D eigenvalue weighted by atomic mass is 9.75. The molecular formula is C18H35NO2. The summed E-state index contributed by atoms with van der Waals surface area (Å²) in [4.78, 5) is 11.5. The number of carbonyl (C=O) groups is 1. The molecule has 0 saturated carbocycles. The second-order valence-corrected chi connectivity index (χ2v) is 6.77. The number of hydrogen-bond acceptors (Lipinski definition) is 2. The van der Waals surface area contributed by atoms with Crippen molar-refractivity contribution in [3.05, 3.63) is 0 Å². The first-order valence-electron chi connectivity index (χ1n) is 9.15. The van der Waals surface area contributed by atoms with E-state index in [4.69, 9.17) is 0 Å². The molecule has 0 radical (unpaired) electrons. The van der Waals surface area contributed by atoms with E-state index in [9.17, 15) is 9.90 Å². The topological polar surface area (TPSA) is 49.3 Å². The molecule has 1 saturated heterocycles. The fourth-order valence-electron chi connectivity index (χ4n) is 3.43. The quantitative estimate of drug-likeness (QED) is 0.511. The van der Waals surface area contributed by atoms with Crippen molar-refractivity contribution in [1.29, 1.82) is 0 Å². The van der Waals surface area contributed by atoms with E-state index in [0.29, 0.717) is 0 Å². The summed E-state index contributed by atoms with van der Waals surface area (Å²) in [5.41, 5.74) is -0.425. The summed E-state index contributed by atoms with van der Waals surface area (Å²) in [6.07, 6.45) is 15.6. The van der Waals surface area contributed by atoms with Crippen LogP contribution in [0.2, 0.25) is 0 Å². The molecule has 1 rings (SSSR count). The Morgan fingerprint density at radius 1 is 0.905 bits per heavy atom. The van der Waals surface area contributed by atoms with Gasteiger partial charge in [0.1, 0.15) is 0 Å². The number of piperidine rings is 1. The highest BCUT2D eigenvalue weighted by molar-refractivity contribution is 5.74. The molecule has 1 aliphatic rings. The van der Waals surface area contributed by atoms with Crippen molar-refractivity contribution >= 4 is 5.97 Å². The van der Waals surface area contributed by atoms with Gasteiger partial charge in [-0.25, -0.2) is 0 Å². The molecule has 124 valence electrons. The number of aliphatic carboxylic acids is 1. The molecule has 1 fully saturated rings. The van der Waals surface area contributed by atoms with Crippen LogP contribution < -0.4 is 5.32 Å². The van der Waals surface area contributed by atoms with Crippen molar-refractivity contribution in [1.82, 2.24) is 5.32 Å². The first kappa shape index (κ1) is 18.5. The molecule has 3 nitrogen and oxygen atoms in total. The highest BCUT2D eigenvalue weighted by Crippen LogP contribution is 2.35. The minimum Gasteiger partial charge on any atom is -0.481 e. The Kier molecular flexibility index (Phi) is 9.73. The standard InChI is InChI=1S/C18H35NO2/c1-2-3-4-5-6-7-8-9-10-11-12-18(17(20)21)13-15-19-16-14-18/h19H,2-16H2,1H3,(H,20,21). The maximum absolute atomic E-state index is 11.5. The molecule has 1 heterocycles. The van der Waals surface area contributed by atoms with Gasteiger partial charge in [0.25, 0.3) is 0 Å². The van der Waals surface area contributed by atoms with Gasteiger partial charge in [-0.3, -0.25) is 4.79 Å². The molecule has 0 aromatic rings. The Morgan fingerprint density at radius 2 is 1.38 bits per heavy atom. The third-order valence-electron chi connectivity index (χ3n) is 5.02. The Labute approximate surface area is 130 Å². The lowest BCUT2D eigenvalue weighted by Crippen LogP contribution is -2.42. The van der Waals surface area contributed by atoms with Crippen molar-refractivity contribution in [3.63, 3.8) is 0 Å².